The molecule has 4 amide bonds. The van der Waals surface area contributed by atoms with E-state index in [4.69, 9.17) is 5.11 Å². The van der Waals surface area contributed by atoms with Crippen LogP contribution < -0.4 is 5.32 Å². The van der Waals surface area contributed by atoms with Crippen molar-refractivity contribution in [3.05, 3.63) is 0 Å². The monoisotopic (exact) mass is 305 g/mol. The summed E-state index contributed by atoms with van der Waals surface area (Å²) in [7, 11) is 0. The summed E-state index contributed by atoms with van der Waals surface area (Å²) in [4.78, 5) is 47.9. The third kappa shape index (κ3) is 4.13. The number of carbonyl (C=O) groups is 4. The summed E-state index contributed by atoms with van der Waals surface area (Å²) >= 11 is 0. The molecule has 1 aliphatic rings. The Morgan fingerprint density at radius 3 is 2.29 bits per heavy atom. The molecule has 0 radical (unpaired) electrons. The number of hydrogen-bond acceptors (Lipinski definition) is 5. The van der Waals surface area contributed by atoms with Gasteiger partial charge < -0.3 is 25.9 Å². The zero-order chi connectivity index (χ0) is 15.4. The van der Waals surface area contributed by atoms with Crippen LogP contribution in [-0.2, 0) is 14.4 Å². The lowest BCUT2D eigenvalue weighted by Gasteiger charge is -2.32. The third-order valence-electron chi connectivity index (χ3n) is 2.96. The molecule has 21 heavy (non-hydrogen) atoms. The highest BCUT2D eigenvalue weighted by Crippen LogP contribution is 2.06. The Kier molecular flexibility index (Phi) is 6.76. The van der Waals surface area contributed by atoms with Gasteiger partial charge in [-0.15, -0.1) is 0 Å². The Morgan fingerprint density at radius 2 is 1.86 bits per heavy atom. The highest BCUT2D eigenvalue weighted by atomic mass is 16.4. The van der Waals surface area contributed by atoms with Crippen LogP contribution in [0.4, 0.5) is 4.79 Å². The number of likely N-dealkylation sites (N-methyl/N-ethyl adjacent to an activating group) is 1. The first-order valence-electron chi connectivity index (χ1n) is 6.11. The van der Waals surface area contributed by atoms with Crippen molar-refractivity contribution in [2.24, 2.45) is 0 Å². The molecule has 1 fully saturated rings. The predicted octanol–water partition coefficient (Wildman–Crippen LogP) is -2.60. The Morgan fingerprint density at radius 1 is 1.29 bits per heavy atom. The van der Waals surface area contributed by atoms with Gasteiger partial charge in [-0.25, -0.2) is 9.59 Å². The lowest BCUT2D eigenvalue weighted by atomic mass is 10.2. The van der Waals surface area contributed by atoms with Crippen LogP contribution in [0.3, 0.4) is 0 Å². The second-order valence-corrected chi connectivity index (χ2v) is 4.35. The van der Waals surface area contributed by atoms with Gasteiger partial charge in [0.1, 0.15) is 0 Å². The zero-order valence-electron chi connectivity index (χ0n) is 11.7. The van der Waals surface area contributed by atoms with Crippen molar-refractivity contribution >= 4 is 23.8 Å². The van der Waals surface area contributed by atoms with E-state index in [1.807, 2.05) is 5.32 Å². The van der Waals surface area contributed by atoms with Gasteiger partial charge in [0.15, 0.2) is 6.04 Å². The molecule has 0 spiro atoms. The fraction of sp³-hybridized carbons (Fsp3) is 0.636. The molecule has 1 heterocycles. The first-order valence-corrected chi connectivity index (χ1v) is 6.11. The Labute approximate surface area is 120 Å². The molecule has 0 aromatic heterocycles. The lowest BCUT2D eigenvalue weighted by Crippen LogP contribution is -2.60. The molecule has 2 atom stereocenters. The molecule has 1 rings (SSSR count). The summed E-state index contributed by atoms with van der Waals surface area (Å²) in [5, 5.41) is 20.1. The van der Waals surface area contributed by atoms with Crippen LogP contribution in [0.5, 0.6) is 0 Å². The number of aliphatic hydroxyl groups is 1. The number of piperazine rings is 1. The number of amides is 4. The van der Waals surface area contributed by atoms with E-state index < -0.39 is 36.0 Å². The van der Waals surface area contributed by atoms with Crippen molar-refractivity contribution in [1.82, 2.24) is 15.1 Å². The van der Waals surface area contributed by atoms with Gasteiger partial charge in [0, 0.05) is 19.6 Å². The van der Waals surface area contributed by atoms with Crippen LogP contribution in [0.15, 0.2) is 0 Å². The Hall–Kier alpha value is -2.20. The lowest BCUT2D eigenvalue weighted by molar-refractivity contribution is -0.153. The van der Waals surface area contributed by atoms with Gasteiger partial charge in [-0.2, -0.15) is 0 Å². The maximum absolute atomic E-state index is 11.8. The molecular weight excluding hydrogens is 286 g/mol. The van der Waals surface area contributed by atoms with Crippen molar-refractivity contribution in [2.75, 3.05) is 19.6 Å². The first kappa shape index (κ1) is 18.8. The van der Waals surface area contributed by atoms with Gasteiger partial charge in [-0.3, -0.25) is 14.5 Å². The largest absolute Gasteiger partial charge is 0.480 e. The van der Waals surface area contributed by atoms with Gasteiger partial charge in [0.2, 0.25) is 0 Å². The minimum absolute atomic E-state index is 0. The van der Waals surface area contributed by atoms with Gasteiger partial charge in [0.05, 0.1) is 6.10 Å². The standard InChI is InChI=1S/C11H17N3O6.H2O/c1-3-13-4-5-14(9(17)8(13)16)11(20)12-7(6(2)15)10(18)19;/h6-7,15H,3-5H2,1-2H3,(H,12,20)(H,18,19);1H2/t6-,7+;/m1./s1. The molecule has 0 bridgehead atoms. The quantitative estimate of drug-likeness (QED) is 0.483. The van der Waals surface area contributed by atoms with Crippen molar-refractivity contribution in [2.45, 2.75) is 26.0 Å². The van der Waals surface area contributed by atoms with E-state index in [2.05, 4.69) is 0 Å². The van der Waals surface area contributed by atoms with Gasteiger partial charge >= 0.3 is 23.8 Å². The average molecular weight is 305 g/mol. The molecule has 0 aromatic carbocycles. The van der Waals surface area contributed by atoms with E-state index in [-0.39, 0.29) is 18.6 Å². The summed E-state index contributed by atoms with van der Waals surface area (Å²) in [6, 6.07) is -2.55. The molecule has 5 N–H and O–H groups in total. The Bertz CT molecular complexity index is 438. The van der Waals surface area contributed by atoms with Crippen LogP contribution in [0, 0.1) is 0 Å². The molecule has 0 saturated carbocycles. The van der Waals surface area contributed by atoms with E-state index in [0.29, 0.717) is 11.4 Å². The molecule has 1 saturated heterocycles. The molecule has 1 aliphatic heterocycles. The number of aliphatic carboxylic acids is 1. The number of aliphatic hydroxyl groups excluding tert-OH is 1. The summed E-state index contributed by atoms with van der Waals surface area (Å²) in [5.41, 5.74) is 0. The number of carboxylic acid groups (broad SMARTS) is 1. The first-order chi connectivity index (χ1) is 9.29. The van der Waals surface area contributed by atoms with Crippen molar-refractivity contribution in [3.63, 3.8) is 0 Å². The third-order valence-corrected chi connectivity index (χ3v) is 2.96. The van der Waals surface area contributed by atoms with Crippen molar-refractivity contribution in [3.8, 4) is 0 Å². The molecule has 10 nitrogen and oxygen atoms in total. The van der Waals surface area contributed by atoms with Crippen LogP contribution in [-0.4, -0.2) is 81.1 Å². The molecule has 0 unspecified atom stereocenters. The molecule has 10 heteroatoms. The second kappa shape index (κ2) is 7.55. The predicted molar refractivity (Wildman–Crippen MR) is 69.2 cm³/mol. The van der Waals surface area contributed by atoms with Crippen LogP contribution >= 0.6 is 0 Å². The van der Waals surface area contributed by atoms with E-state index in [1.165, 1.54) is 11.8 Å². The fourth-order valence-corrected chi connectivity index (χ4v) is 1.77. The highest BCUT2D eigenvalue weighted by molar-refractivity contribution is 6.38. The number of carboxylic acids is 1. The number of hydrogen-bond donors (Lipinski definition) is 3. The number of rotatable bonds is 4. The summed E-state index contributed by atoms with van der Waals surface area (Å²) < 4.78 is 0. The van der Waals surface area contributed by atoms with E-state index in [1.54, 1.807) is 6.92 Å². The second-order valence-electron chi connectivity index (χ2n) is 4.35. The molecule has 120 valence electrons. The number of imide groups is 1. The summed E-state index contributed by atoms with van der Waals surface area (Å²) in [6.07, 6.45) is -1.33. The maximum atomic E-state index is 11.8. The fourth-order valence-electron chi connectivity index (χ4n) is 1.77. The Balaban J connectivity index is 0.00000400. The summed E-state index contributed by atoms with van der Waals surface area (Å²) in [5.74, 6) is -3.25. The number of nitrogens with one attached hydrogen (secondary N) is 1. The molecule has 0 aromatic rings. The normalized spacial score (nSPS) is 17.9. The van der Waals surface area contributed by atoms with Gasteiger partial charge in [-0.1, -0.05) is 0 Å². The van der Waals surface area contributed by atoms with Crippen LogP contribution in [0.2, 0.25) is 0 Å². The summed E-state index contributed by atoms with van der Waals surface area (Å²) in [6.45, 7) is 3.43. The number of nitrogens with zero attached hydrogens (tertiary/aromatic N) is 2. The topological polar surface area (TPSA) is 159 Å². The minimum atomic E-state index is -1.55. The molecule has 0 aliphatic carbocycles. The minimum Gasteiger partial charge on any atom is -0.480 e. The van der Waals surface area contributed by atoms with Crippen LogP contribution in [0.25, 0.3) is 0 Å². The SMILES string of the molecule is CCN1CCN(C(=O)N[C@H](C(=O)O)[C@@H](C)O)C(=O)C1=O.O. The maximum Gasteiger partial charge on any atom is 0.328 e. The van der Waals surface area contributed by atoms with Crippen molar-refractivity contribution < 1.29 is 34.9 Å². The van der Waals surface area contributed by atoms with E-state index in [9.17, 15) is 24.3 Å². The number of urea groups is 1. The zero-order valence-corrected chi connectivity index (χ0v) is 11.7. The van der Waals surface area contributed by atoms with E-state index >= 15 is 0 Å². The molecular formula is C11H19N3O7. The number of carbonyl (C=O) groups excluding carboxylic acids is 3. The van der Waals surface area contributed by atoms with Crippen LogP contribution in [0.1, 0.15) is 13.8 Å². The van der Waals surface area contributed by atoms with Gasteiger partial charge in [0.25, 0.3) is 0 Å². The van der Waals surface area contributed by atoms with E-state index in [0.717, 1.165) is 0 Å². The average Bonchev–Trinajstić information content (AvgIpc) is 2.38. The van der Waals surface area contributed by atoms with Crippen molar-refractivity contribution in [1.29, 1.82) is 0 Å². The smallest absolute Gasteiger partial charge is 0.328 e. The highest BCUT2D eigenvalue weighted by Gasteiger charge is 2.37. The van der Waals surface area contributed by atoms with Gasteiger partial charge in [-0.05, 0) is 13.8 Å².